The van der Waals surface area contributed by atoms with E-state index in [-0.39, 0.29) is 11.3 Å². The topological polar surface area (TPSA) is 42.4 Å². The fraction of sp³-hybridized carbons (Fsp3) is 0.412. The molecule has 0 bridgehead atoms. The molecule has 116 valence electrons. The van der Waals surface area contributed by atoms with Gasteiger partial charge in [0, 0.05) is 31.3 Å². The minimum absolute atomic E-state index is 0.0852. The molecule has 1 atom stereocenters. The Morgan fingerprint density at radius 1 is 1.36 bits per heavy atom. The third-order valence-electron chi connectivity index (χ3n) is 3.81. The minimum Gasteiger partial charge on any atom is -0.382 e. The molecule has 1 aromatic heterocycles. The van der Waals surface area contributed by atoms with Gasteiger partial charge in [-0.25, -0.2) is 0 Å². The first-order chi connectivity index (χ1) is 10.8. The molecule has 0 saturated carbocycles. The van der Waals surface area contributed by atoms with Crippen molar-refractivity contribution in [3.05, 3.63) is 42.1 Å². The van der Waals surface area contributed by atoms with Crippen LogP contribution in [0.5, 0.6) is 0 Å². The molecule has 1 aliphatic heterocycles. The number of nitrogens with zero attached hydrogens (tertiary/aromatic N) is 2. The van der Waals surface area contributed by atoms with Crippen LogP contribution in [0.1, 0.15) is 24.3 Å². The van der Waals surface area contributed by atoms with Crippen molar-refractivity contribution < 1.29 is 9.53 Å². The lowest BCUT2D eigenvalue weighted by Gasteiger charge is -2.25. The maximum absolute atomic E-state index is 12.2. The molecule has 2 aromatic rings. The number of rotatable bonds is 6. The zero-order chi connectivity index (χ0) is 15.4. The van der Waals surface area contributed by atoms with E-state index in [2.05, 4.69) is 11.1 Å². The van der Waals surface area contributed by atoms with Gasteiger partial charge in [0.1, 0.15) is 5.37 Å². The normalized spacial score (nSPS) is 18.3. The average Bonchev–Trinajstić information content (AvgIpc) is 2.92. The van der Waals surface area contributed by atoms with Gasteiger partial charge in [-0.3, -0.25) is 9.78 Å². The van der Waals surface area contributed by atoms with Gasteiger partial charge < -0.3 is 9.64 Å². The fourth-order valence-electron chi connectivity index (χ4n) is 2.77. The second kappa shape index (κ2) is 7.11. The Kier molecular flexibility index (Phi) is 4.95. The van der Waals surface area contributed by atoms with Gasteiger partial charge in [-0.1, -0.05) is 18.2 Å². The number of para-hydroxylation sites is 1. The average molecular weight is 316 g/mol. The van der Waals surface area contributed by atoms with Gasteiger partial charge in [0.05, 0.1) is 11.3 Å². The number of carbonyl (C=O) groups excluding carboxylic acids is 1. The van der Waals surface area contributed by atoms with Crippen LogP contribution in [-0.2, 0) is 9.53 Å². The number of thioether (sulfide) groups is 1. The third kappa shape index (κ3) is 3.10. The molecule has 1 aromatic carbocycles. The predicted molar refractivity (Wildman–Crippen MR) is 89.8 cm³/mol. The molecule has 0 aliphatic carbocycles. The number of ether oxygens (including phenoxy) is 1. The first-order valence-corrected chi connectivity index (χ1v) is 8.68. The predicted octanol–water partition coefficient (Wildman–Crippen LogP) is 3.24. The first-order valence-electron chi connectivity index (χ1n) is 7.63. The summed E-state index contributed by atoms with van der Waals surface area (Å²) in [7, 11) is 0. The molecule has 0 radical (unpaired) electrons. The number of aromatic nitrogens is 1. The van der Waals surface area contributed by atoms with Gasteiger partial charge in [0.15, 0.2) is 0 Å². The number of pyridine rings is 1. The van der Waals surface area contributed by atoms with E-state index in [4.69, 9.17) is 4.74 Å². The van der Waals surface area contributed by atoms with Gasteiger partial charge in [-0.15, -0.1) is 11.8 Å². The Morgan fingerprint density at radius 2 is 2.23 bits per heavy atom. The van der Waals surface area contributed by atoms with Gasteiger partial charge in [-0.05, 0) is 31.0 Å². The van der Waals surface area contributed by atoms with Gasteiger partial charge in [0.25, 0.3) is 0 Å². The van der Waals surface area contributed by atoms with Crippen molar-refractivity contribution in [1.82, 2.24) is 9.88 Å². The molecule has 4 nitrogen and oxygen atoms in total. The number of hydrogen-bond donors (Lipinski definition) is 0. The Labute approximate surface area is 134 Å². The Balaban J connectivity index is 1.83. The smallest absolute Gasteiger partial charge is 0.233 e. The van der Waals surface area contributed by atoms with Gasteiger partial charge in [0.2, 0.25) is 5.91 Å². The lowest BCUT2D eigenvalue weighted by molar-refractivity contribution is -0.128. The maximum Gasteiger partial charge on any atom is 0.233 e. The van der Waals surface area contributed by atoms with Crippen molar-refractivity contribution in [2.75, 3.05) is 25.5 Å². The van der Waals surface area contributed by atoms with Crippen LogP contribution in [0.4, 0.5) is 0 Å². The summed E-state index contributed by atoms with van der Waals surface area (Å²) in [5.74, 6) is 0.767. The highest BCUT2D eigenvalue weighted by Crippen LogP contribution is 2.40. The lowest BCUT2D eigenvalue weighted by Crippen LogP contribution is -2.30. The molecule has 0 N–H and O–H groups in total. The molecule has 1 unspecified atom stereocenters. The molecule has 22 heavy (non-hydrogen) atoms. The highest BCUT2D eigenvalue weighted by Gasteiger charge is 2.33. The van der Waals surface area contributed by atoms with E-state index in [0.29, 0.717) is 12.4 Å². The zero-order valence-electron chi connectivity index (χ0n) is 12.7. The molecule has 2 heterocycles. The van der Waals surface area contributed by atoms with E-state index in [1.807, 2.05) is 42.3 Å². The van der Waals surface area contributed by atoms with Crippen LogP contribution >= 0.6 is 11.8 Å². The van der Waals surface area contributed by atoms with Crippen LogP contribution in [0, 0.1) is 0 Å². The molecule has 1 amide bonds. The van der Waals surface area contributed by atoms with Crippen LogP contribution in [0.2, 0.25) is 0 Å². The summed E-state index contributed by atoms with van der Waals surface area (Å²) < 4.78 is 5.38. The van der Waals surface area contributed by atoms with E-state index in [1.165, 1.54) is 5.56 Å². The summed E-state index contributed by atoms with van der Waals surface area (Å²) >= 11 is 1.70. The van der Waals surface area contributed by atoms with E-state index in [0.717, 1.165) is 30.5 Å². The number of hydrogen-bond acceptors (Lipinski definition) is 4. The monoisotopic (exact) mass is 316 g/mol. The Bertz CT molecular complexity index is 657. The largest absolute Gasteiger partial charge is 0.382 e. The van der Waals surface area contributed by atoms with Gasteiger partial charge >= 0.3 is 0 Å². The zero-order valence-corrected chi connectivity index (χ0v) is 13.5. The van der Waals surface area contributed by atoms with E-state index < -0.39 is 0 Å². The molecular weight excluding hydrogens is 296 g/mol. The van der Waals surface area contributed by atoms with Crippen molar-refractivity contribution in [2.24, 2.45) is 0 Å². The van der Waals surface area contributed by atoms with Crippen molar-refractivity contribution >= 4 is 28.6 Å². The molecule has 3 rings (SSSR count). The molecule has 1 fully saturated rings. The molecule has 5 heteroatoms. The number of benzene rings is 1. The van der Waals surface area contributed by atoms with E-state index >= 15 is 0 Å². The van der Waals surface area contributed by atoms with Crippen LogP contribution in [0.3, 0.4) is 0 Å². The highest BCUT2D eigenvalue weighted by molar-refractivity contribution is 8.00. The summed E-state index contributed by atoms with van der Waals surface area (Å²) in [6, 6.07) is 10.1. The summed E-state index contributed by atoms with van der Waals surface area (Å²) in [5.41, 5.74) is 2.16. The van der Waals surface area contributed by atoms with Gasteiger partial charge in [-0.2, -0.15) is 0 Å². The standard InChI is InChI=1S/C17H20N2O2S/c1-2-21-11-5-10-19-16(20)12-22-17(19)14-8-9-18-15-7-4-3-6-13(14)15/h3-4,6-9,17H,2,5,10-12H2,1H3. The Hall–Kier alpha value is -1.59. The lowest BCUT2D eigenvalue weighted by atomic mass is 10.1. The van der Waals surface area contributed by atoms with Crippen molar-refractivity contribution in [2.45, 2.75) is 18.7 Å². The summed E-state index contributed by atoms with van der Waals surface area (Å²) in [4.78, 5) is 18.6. The fourth-order valence-corrected chi connectivity index (χ4v) is 4.02. The first kappa shape index (κ1) is 15.3. The van der Waals surface area contributed by atoms with Crippen molar-refractivity contribution in [3.8, 4) is 0 Å². The van der Waals surface area contributed by atoms with Crippen molar-refractivity contribution in [1.29, 1.82) is 0 Å². The summed E-state index contributed by atoms with van der Waals surface area (Å²) in [6.45, 7) is 4.16. The molecule has 0 spiro atoms. The quantitative estimate of drug-likeness (QED) is 0.767. The SMILES string of the molecule is CCOCCCN1C(=O)CSC1c1ccnc2ccccc12. The van der Waals surface area contributed by atoms with E-state index in [9.17, 15) is 4.79 Å². The van der Waals surface area contributed by atoms with Crippen LogP contribution < -0.4 is 0 Å². The number of fused-ring (bicyclic) bond motifs is 1. The molecule has 1 saturated heterocycles. The second-order valence-corrected chi connectivity index (χ2v) is 6.29. The minimum atomic E-state index is 0.0852. The van der Waals surface area contributed by atoms with Crippen LogP contribution in [-0.4, -0.2) is 41.3 Å². The highest BCUT2D eigenvalue weighted by atomic mass is 32.2. The molecule has 1 aliphatic rings. The van der Waals surface area contributed by atoms with Crippen LogP contribution in [0.15, 0.2) is 36.5 Å². The van der Waals surface area contributed by atoms with Crippen LogP contribution in [0.25, 0.3) is 10.9 Å². The van der Waals surface area contributed by atoms with E-state index in [1.54, 1.807) is 11.8 Å². The summed E-state index contributed by atoms with van der Waals surface area (Å²) in [6.07, 6.45) is 2.71. The maximum atomic E-state index is 12.2. The summed E-state index contributed by atoms with van der Waals surface area (Å²) in [5, 5.41) is 1.22. The number of amides is 1. The van der Waals surface area contributed by atoms with Crippen molar-refractivity contribution in [3.63, 3.8) is 0 Å². The number of carbonyl (C=O) groups is 1. The molecular formula is C17H20N2O2S. The third-order valence-corrected chi connectivity index (χ3v) is 5.05. The second-order valence-electron chi connectivity index (χ2n) is 5.22. The Morgan fingerprint density at radius 3 is 3.09 bits per heavy atom.